The van der Waals surface area contributed by atoms with Crippen LogP contribution in [0.3, 0.4) is 0 Å². The molecule has 1 N–H and O–H groups in total. The number of hydrogen-bond acceptors (Lipinski definition) is 3. The van der Waals surface area contributed by atoms with Gasteiger partial charge in [0, 0.05) is 20.1 Å². The van der Waals surface area contributed by atoms with E-state index in [2.05, 4.69) is 11.9 Å². The molecule has 0 aromatic heterocycles. The van der Waals surface area contributed by atoms with Crippen molar-refractivity contribution >= 4 is 5.91 Å². The van der Waals surface area contributed by atoms with E-state index in [1.165, 1.54) is 0 Å². The number of nitrogens with zero attached hydrogens (tertiary/aromatic N) is 1. The Labute approximate surface area is 84.9 Å². The summed E-state index contributed by atoms with van der Waals surface area (Å²) in [5.74, 6) is 0.0766. The predicted molar refractivity (Wildman–Crippen MR) is 55.1 cm³/mol. The lowest BCUT2D eigenvalue weighted by atomic mass is 10.2. The molecule has 80 valence electrons. The first kappa shape index (κ1) is 11.2. The van der Waals surface area contributed by atoms with Crippen LogP contribution in [0, 0.1) is 0 Å². The second-order valence-electron chi connectivity index (χ2n) is 3.73. The van der Waals surface area contributed by atoms with E-state index in [4.69, 9.17) is 4.74 Å². The molecule has 0 radical (unpaired) electrons. The Morgan fingerprint density at radius 2 is 2.43 bits per heavy atom. The molecule has 1 atom stereocenters. The quantitative estimate of drug-likeness (QED) is 0.649. The van der Waals surface area contributed by atoms with Crippen molar-refractivity contribution in [1.29, 1.82) is 0 Å². The molecule has 1 rings (SSSR count). The summed E-state index contributed by atoms with van der Waals surface area (Å²) in [6.45, 7) is 8.20. The van der Waals surface area contributed by atoms with E-state index in [0.717, 1.165) is 12.1 Å². The van der Waals surface area contributed by atoms with Gasteiger partial charge in [-0.3, -0.25) is 4.79 Å². The fourth-order valence-electron chi connectivity index (χ4n) is 1.47. The Morgan fingerprint density at radius 3 is 2.93 bits per heavy atom. The minimum absolute atomic E-state index is 0.0766. The first-order valence-electron chi connectivity index (χ1n) is 4.81. The van der Waals surface area contributed by atoms with Crippen molar-refractivity contribution in [2.75, 3.05) is 33.4 Å². The van der Waals surface area contributed by atoms with Gasteiger partial charge in [0.2, 0.25) is 5.91 Å². The number of rotatable bonds is 3. The minimum atomic E-state index is -0.187. The van der Waals surface area contributed by atoms with E-state index in [9.17, 15) is 4.79 Å². The van der Waals surface area contributed by atoms with Crippen LogP contribution in [-0.2, 0) is 9.53 Å². The molecule has 0 aromatic rings. The van der Waals surface area contributed by atoms with Crippen molar-refractivity contribution < 1.29 is 9.53 Å². The zero-order valence-corrected chi connectivity index (χ0v) is 8.88. The van der Waals surface area contributed by atoms with E-state index in [-0.39, 0.29) is 11.9 Å². The predicted octanol–water partition coefficient (Wildman–Crippen LogP) is 0.00930. The Hall–Kier alpha value is -0.870. The average Bonchev–Trinajstić information content (AvgIpc) is 2.17. The van der Waals surface area contributed by atoms with E-state index in [0.29, 0.717) is 19.8 Å². The third-order valence-electron chi connectivity index (χ3n) is 2.10. The van der Waals surface area contributed by atoms with Crippen LogP contribution in [0.25, 0.3) is 0 Å². The lowest BCUT2D eigenvalue weighted by molar-refractivity contribution is -0.134. The van der Waals surface area contributed by atoms with E-state index in [1.807, 2.05) is 6.92 Å². The van der Waals surface area contributed by atoms with E-state index in [1.54, 1.807) is 11.9 Å². The first-order chi connectivity index (χ1) is 6.61. The molecule has 0 spiro atoms. The van der Waals surface area contributed by atoms with Gasteiger partial charge in [-0.05, 0) is 6.92 Å². The highest BCUT2D eigenvalue weighted by atomic mass is 16.5. The second kappa shape index (κ2) is 5.12. The van der Waals surface area contributed by atoms with Gasteiger partial charge in [-0.1, -0.05) is 12.2 Å². The maximum absolute atomic E-state index is 11.8. The zero-order valence-electron chi connectivity index (χ0n) is 8.88. The summed E-state index contributed by atoms with van der Waals surface area (Å²) in [4.78, 5) is 13.5. The number of morpholine rings is 1. The maximum Gasteiger partial charge on any atom is 0.242 e. The van der Waals surface area contributed by atoms with Crippen LogP contribution in [-0.4, -0.2) is 50.2 Å². The van der Waals surface area contributed by atoms with Crippen LogP contribution in [0.5, 0.6) is 0 Å². The van der Waals surface area contributed by atoms with Gasteiger partial charge in [-0.15, -0.1) is 0 Å². The van der Waals surface area contributed by atoms with Crippen LogP contribution in [0.4, 0.5) is 0 Å². The highest BCUT2D eigenvalue weighted by molar-refractivity contribution is 5.82. The number of hydrogen-bond donors (Lipinski definition) is 1. The number of nitrogens with one attached hydrogen (secondary N) is 1. The van der Waals surface area contributed by atoms with Gasteiger partial charge >= 0.3 is 0 Å². The third-order valence-corrected chi connectivity index (χ3v) is 2.10. The summed E-state index contributed by atoms with van der Waals surface area (Å²) in [6, 6.07) is -0.187. The fourth-order valence-corrected chi connectivity index (χ4v) is 1.47. The molecular formula is C10H18N2O2. The third kappa shape index (κ3) is 3.12. The molecule has 1 unspecified atom stereocenters. The number of carbonyl (C=O) groups excluding carboxylic acids is 1. The van der Waals surface area contributed by atoms with Crippen molar-refractivity contribution in [3.8, 4) is 0 Å². The minimum Gasteiger partial charge on any atom is -0.378 e. The maximum atomic E-state index is 11.8. The smallest absolute Gasteiger partial charge is 0.242 e. The summed E-state index contributed by atoms with van der Waals surface area (Å²) in [7, 11) is 1.79. The van der Waals surface area contributed by atoms with Gasteiger partial charge in [0.15, 0.2) is 0 Å². The molecule has 4 nitrogen and oxygen atoms in total. The van der Waals surface area contributed by atoms with Gasteiger partial charge < -0.3 is 15.0 Å². The summed E-state index contributed by atoms with van der Waals surface area (Å²) in [5, 5.41) is 3.13. The molecule has 14 heavy (non-hydrogen) atoms. The lowest BCUT2D eigenvalue weighted by Crippen LogP contribution is -2.51. The second-order valence-corrected chi connectivity index (χ2v) is 3.73. The summed E-state index contributed by atoms with van der Waals surface area (Å²) in [5.41, 5.74) is 0.984. The highest BCUT2D eigenvalue weighted by Crippen LogP contribution is 2.00. The number of ether oxygens (including phenoxy) is 1. The average molecular weight is 198 g/mol. The number of amides is 1. The molecular weight excluding hydrogens is 180 g/mol. The molecule has 1 amide bonds. The molecule has 1 saturated heterocycles. The van der Waals surface area contributed by atoms with Crippen molar-refractivity contribution in [2.45, 2.75) is 13.0 Å². The van der Waals surface area contributed by atoms with Crippen molar-refractivity contribution in [2.24, 2.45) is 0 Å². The monoisotopic (exact) mass is 198 g/mol. The topological polar surface area (TPSA) is 41.6 Å². The molecule has 1 aliphatic rings. The van der Waals surface area contributed by atoms with Crippen LogP contribution in [0.15, 0.2) is 12.2 Å². The normalized spacial score (nSPS) is 21.7. The SMILES string of the molecule is C=C(C)CN(C)C(=O)C1COCCN1. The van der Waals surface area contributed by atoms with Crippen LogP contribution >= 0.6 is 0 Å². The molecule has 4 heteroatoms. The summed E-state index contributed by atoms with van der Waals surface area (Å²) < 4.78 is 5.23. The Kier molecular flexibility index (Phi) is 4.10. The fraction of sp³-hybridized carbons (Fsp3) is 0.700. The Bertz CT molecular complexity index is 222. The van der Waals surface area contributed by atoms with Gasteiger partial charge in [0.25, 0.3) is 0 Å². The molecule has 0 saturated carbocycles. The van der Waals surface area contributed by atoms with E-state index < -0.39 is 0 Å². The largest absolute Gasteiger partial charge is 0.378 e. The number of carbonyl (C=O) groups is 1. The van der Waals surface area contributed by atoms with Gasteiger partial charge in [-0.2, -0.15) is 0 Å². The molecule has 0 aromatic carbocycles. The van der Waals surface area contributed by atoms with Gasteiger partial charge in [0.1, 0.15) is 6.04 Å². The van der Waals surface area contributed by atoms with Crippen LogP contribution in [0.1, 0.15) is 6.92 Å². The molecule has 1 heterocycles. The van der Waals surface area contributed by atoms with Crippen LogP contribution in [0.2, 0.25) is 0 Å². The number of likely N-dealkylation sites (N-methyl/N-ethyl adjacent to an activating group) is 1. The molecule has 0 bridgehead atoms. The summed E-state index contributed by atoms with van der Waals surface area (Å²) in [6.07, 6.45) is 0. The molecule has 1 aliphatic heterocycles. The van der Waals surface area contributed by atoms with Crippen molar-refractivity contribution in [3.05, 3.63) is 12.2 Å². The van der Waals surface area contributed by atoms with Gasteiger partial charge in [0.05, 0.1) is 13.2 Å². The van der Waals surface area contributed by atoms with E-state index >= 15 is 0 Å². The lowest BCUT2D eigenvalue weighted by Gasteiger charge is -2.27. The molecule has 1 fully saturated rings. The Balaban J connectivity index is 2.42. The zero-order chi connectivity index (χ0) is 10.6. The molecule has 0 aliphatic carbocycles. The summed E-state index contributed by atoms with van der Waals surface area (Å²) >= 11 is 0. The van der Waals surface area contributed by atoms with Gasteiger partial charge in [-0.25, -0.2) is 0 Å². The standard InChI is InChI=1S/C10H18N2O2/c1-8(2)6-12(3)10(13)9-7-14-5-4-11-9/h9,11H,1,4-7H2,2-3H3. The Morgan fingerprint density at radius 1 is 1.71 bits per heavy atom. The first-order valence-corrected chi connectivity index (χ1v) is 4.81. The van der Waals surface area contributed by atoms with Crippen LogP contribution < -0.4 is 5.32 Å². The highest BCUT2D eigenvalue weighted by Gasteiger charge is 2.23. The van der Waals surface area contributed by atoms with Crippen molar-refractivity contribution in [1.82, 2.24) is 10.2 Å². The van der Waals surface area contributed by atoms with Crippen molar-refractivity contribution in [3.63, 3.8) is 0 Å².